The molecular weight excluding hydrogens is 437 g/mol. The molecule has 170 valence electrons. The van der Waals surface area contributed by atoms with E-state index in [1.54, 1.807) is 48.1 Å². The standard InChI is InChI=1S/C22H19F3N6O2/c1-13-18(8-16(11-27-13)15-5-6-31-19(9-15)29-21(26)30-31)20(32)28-10-14-3-2-4-17(7-14)33-12-22(23,24)25/h2-9,11H,10,12H2,1H3,(H2,26,30)(H,28,32). The zero-order valence-corrected chi connectivity index (χ0v) is 17.4. The fourth-order valence-electron chi connectivity index (χ4n) is 3.19. The van der Waals surface area contributed by atoms with E-state index in [1.807, 2.05) is 6.07 Å². The normalized spacial score (nSPS) is 11.5. The minimum absolute atomic E-state index is 0.0726. The van der Waals surface area contributed by atoms with Crippen molar-refractivity contribution in [2.45, 2.75) is 19.6 Å². The molecule has 0 aliphatic carbocycles. The van der Waals surface area contributed by atoms with Gasteiger partial charge in [0.2, 0.25) is 5.95 Å². The number of ether oxygens (including phenoxy) is 1. The quantitative estimate of drug-likeness (QED) is 0.460. The summed E-state index contributed by atoms with van der Waals surface area (Å²) < 4.78 is 43.4. The third kappa shape index (κ3) is 5.37. The number of hydrogen-bond acceptors (Lipinski definition) is 6. The third-order valence-electron chi connectivity index (χ3n) is 4.77. The molecule has 4 rings (SSSR count). The summed E-state index contributed by atoms with van der Waals surface area (Å²) >= 11 is 0. The molecule has 8 nitrogen and oxygen atoms in total. The molecule has 3 aromatic heterocycles. The van der Waals surface area contributed by atoms with E-state index in [0.717, 1.165) is 5.56 Å². The molecule has 0 bridgehead atoms. The monoisotopic (exact) mass is 456 g/mol. The third-order valence-corrected chi connectivity index (χ3v) is 4.77. The Hall–Kier alpha value is -4.15. The maximum atomic E-state index is 12.8. The number of aryl methyl sites for hydroxylation is 1. The average Bonchev–Trinajstić information content (AvgIpc) is 3.15. The number of rotatable bonds is 6. The number of halogens is 3. The number of carbonyl (C=O) groups excluding carboxylic acids is 1. The van der Waals surface area contributed by atoms with E-state index < -0.39 is 12.8 Å². The lowest BCUT2D eigenvalue weighted by Gasteiger charge is -2.12. The van der Waals surface area contributed by atoms with Crippen LogP contribution >= 0.6 is 0 Å². The van der Waals surface area contributed by atoms with Crippen LogP contribution in [-0.4, -0.2) is 38.3 Å². The fourth-order valence-corrected chi connectivity index (χ4v) is 3.19. The van der Waals surface area contributed by atoms with Gasteiger partial charge in [-0.2, -0.15) is 18.2 Å². The number of nitrogens with one attached hydrogen (secondary N) is 1. The van der Waals surface area contributed by atoms with Gasteiger partial charge >= 0.3 is 6.18 Å². The molecule has 3 heterocycles. The van der Waals surface area contributed by atoms with Crippen LogP contribution < -0.4 is 15.8 Å². The summed E-state index contributed by atoms with van der Waals surface area (Å²) in [6, 6.07) is 11.4. The van der Waals surface area contributed by atoms with Crippen molar-refractivity contribution in [2.24, 2.45) is 0 Å². The molecule has 0 unspecified atom stereocenters. The second kappa shape index (κ2) is 8.77. The van der Waals surface area contributed by atoms with E-state index in [9.17, 15) is 18.0 Å². The van der Waals surface area contributed by atoms with Gasteiger partial charge in [0.1, 0.15) is 5.75 Å². The van der Waals surface area contributed by atoms with E-state index in [-0.39, 0.29) is 24.1 Å². The Morgan fingerprint density at radius 1 is 1.18 bits per heavy atom. The molecule has 1 amide bonds. The Labute approximate surface area is 186 Å². The molecule has 0 saturated carbocycles. The summed E-state index contributed by atoms with van der Waals surface area (Å²) in [4.78, 5) is 21.3. The second-order valence-electron chi connectivity index (χ2n) is 7.28. The van der Waals surface area contributed by atoms with Crippen molar-refractivity contribution < 1.29 is 22.7 Å². The van der Waals surface area contributed by atoms with Crippen molar-refractivity contribution in [2.75, 3.05) is 12.3 Å². The lowest BCUT2D eigenvalue weighted by molar-refractivity contribution is -0.153. The van der Waals surface area contributed by atoms with Gasteiger partial charge in [-0.1, -0.05) is 12.1 Å². The number of pyridine rings is 2. The minimum Gasteiger partial charge on any atom is -0.484 e. The Bertz CT molecular complexity index is 1320. The molecule has 0 aliphatic rings. The van der Waals surface area contributed by atoms with Crippen LogP contribution in [0.15, 0.2) is 54.9 Å². The van der Waals surface area contributed by atoms with Gasteiger partial charge in [0, 0.05) is 24.5 Å². The van der Waals surface area contributed by atoms with Crippen molar-refractivity contribution in [3.05, 3.63) is 71.7 Å². The number of amides is 1. The maximum Gasteiger partial charge on any atom is 0.422 e. The van der Waals surface area contributed by atoms with Crippen molar-refractivity contribution in [1.82, 2.24) is 24.9 Å². The van der Waals surface area contributed by atoms with Crippen molar-refractivity contribution in [3.63, 3.8) is 0 Å². The fraction of sp³-hybridized carbons (Fsp3) is 0.182. The molecule has 3 N–H and O–H groups in total. The molecule has 0 radical (unpaired) electrons. The molecule has 11 heteroatoms. The van der Waals surface area contributed by atoms with Crippen LogP contribution in [0.4, 0.5) is 19.1 Å². The Balaban J connectivity index is 1.48. The van der Waals surface area contributed by atoms with Crippen LogP contribution in [-0.2, 0) is 6.54 Å². The van der Waals surface area contributed by atoms with Crippen LogP contribution in [0.5, 0.6) is 5.75 Å². The molecule has 0 atom stereocenters. The van der Waals surface area contributed by atoms with Gasteiger partial charge in [-0.05, 0) is 48.4 Å². The number of nitrogen functional groups attached to an aromatic ring is 1. The number of fused-ring (bicyclic) bond motifs is 1. The number of anilines is 1. The van der Waals surface area contributed by atoms with Gasteiger partial charge in [0.15, 0.2) is 12.3 Å². The number of aromatic nitrogens is 4. The van der Waals surface area contributed by atoms with E-state index in [0.29, 0.717) is 28.0 Å². The number of alkyl halides is 3. The molecule has 0 spiro atoms. The summed E-state index contributed by atoms with van der Waals surface area (Å²) in [5.74, 6) is -0.137. The van der Waals surface area contributed by atoms with Gasteiger partial charge in [-0.15, -0.1) is 5.10 Å². The average molecular weight is 456 g/mol. The van der Waals surface area contributed by atoms with Gasteiger partial charge in [-0.25, -0.2) is 4.52 Å². The largest absolute Gasteiger partial charge is 0.484 e. The highest BCUT2D eigenvalue weighted by molar-refractivity contribution is 5.96. The maximum absolute atomic E-state index is 12.8. The molecule has 1 aromatic carbocycles. The highest BCUT2D eigenvalue weighted by atomic mass is 19.4. The number of benzene rings is 1. The summed E-state index contributed by atoms with van der Waals surface area (Å²) in [5, 5.41) is 6.80. The first kappa shape index (κ1) is 22.1. The van der Waals surface area contributed by atoms with Crippen molar-refractivity contribution in [1.29, 1.82) is 0 Å². The zero-order chi connectivity index (χ0) is 23.6. The van der Waals surface area contributed by atoms with Crippen LogP contribution in [0, 0.1) is 6.92 Å². The number of carbonyl (C=O) groups is 1. The first-order valence-electron chi connectivity index (χ1n) is 9.83. The topological polar surface area (TPSA) is 107 Å². The molecule has 0 fully saturated rings. The van der Waals surface area contributed by atoms with Crippen LogP contribution in [0.25, 0.3) is 16.8 Å². The summed E-state index contributed by atoms with van der Waals surface area (Å²) in [6.45, 7) is 0.442. The zero-order valence-electron chi connectivity index (χ0n) is 17.4. The molecule has 0 saturated heterocycles. The molecule has 33 heavy (non-hydrogen) atoms. The predicted octanol–water partition coefficient (Wildman–Crippen LogP) is 3.55. The summed E-state index contributed by atoms with van der Waals surface area (Å²) in [6.07, 6.45) is -1.06. The molecule has 0 aliphatic heterocycles. The van der Waals surface area contributed by atoms with Crippen LogP contribution in [0.3, 0.4) is 0 Å². The first-order valence-corrected chi connectivity index (χ1v) is 9.83. The number of hydrogen-bond donors (Lipinski definition) is 2. The lowest BCUT2D eigenvalue weighted by atomic mass is 10.0. The van der Waals surface area contributed by atoms with Crippen LogP contribution in [0.2, 0.25) is 0 Å². The number of nitrogens with zero attached hydrogens (tertiary/aromatic N) is 4. The lowest BCUT2D eigenvalue weighted by Crippen LogP contribution is -2.24. The highest BCUT2D eigenvalue weighted by Gasteiger charge is 2.28. The Morgan fingerprint density at radius 3 is 2.79 bits per heavy atom. The van der Waals surface area contributed by atoms with Crippen molar-refractivity contribution >= 4 is 17.5 Å². The summed E-state index contributed by atoms with van der Waals surface area (Å²) in [5.41, 5.74) is 9.18. The van der Waals surface area contributed by atoms with Gasteiger partial charge < -0.3 is 15.8 Å². The van der Waals surface area contributed by atoms with Gasteiger partial charge in [0.05, 0.1) is 11.3 Å². The number of nitrogens with two attached hydrogens (primary N) is 1. The molecule has 4 aromatic rings. The second-order valence-corrected chi connectivity index (χ2v) is 7.28. The van der Waals surface area contributed by atoms with E-state index in [4.69, 9.17) is 10.5 Å². The van der Waals surface area contributed by atoms with E-state index in [1.165, 1.54) is 12.1 Å². The highest BCUT2D eigenvalue weighted by Crippen LogP contribution is 2.23. The Kier molecular flexibility index (Phi) is 5.86. The SMILES string of the molecule is Cc1ncc(-c2ccn3nc(N)nc3c2)cc1C(=O)NCc1cccc(OCC(F)(F)F)c1. The molecular formula is C22H19F3N6O2. The van der Waals surface area contributed by atoms with E-state index >= 15 is 0 Å². The van der Waals surface area contributed by atoms with Crippen molar-refractivity contribution in [3.8, 4) is 16.9 Å². The smallest absolute Gasteiger partial charge is 0.422 e. The van der Waals surface area contributed by atoms with E-state index in [2.05, 4.69) is 20.4 Å². The first-order chi connectivity index (χ1) is 15.7. The predicted molar refractivity (Wildman–Crippen MR) is 115 cm³/mol. The summed E-state index contributed by atoms with van der Waals surface area (Å²) in [7, 11) is 0. The van der Waals surface area contributed by atoms with Crippen LogP contribution in [0.1, 0.15) is 21.6 Å². The Morgan fingerprint density at radius 2 is 2.00 bits per heavy atom. The van der Waals surface area contributed by atoms with Gasteiger partial charge in [0.25, 0.3) is 5.91 Å². The van der Waals surface area contributed by atoms with Gasteiger partial charge in [-0.3, -0.25) is 9.78 Å². The minimum atomic E-state index is -4.43.